The van der Waals surface area contributed by atoms with Crippen LogP contribution in [0.3, 0.4) is 0 Å². The fourth-order valence-corrected chi connectivity index (χ4v) is 2.57. The molecule has 92 valence electrons. The van der Waals surface area contributed by atoms with Gasteiger partial charge in [-0.1, -0.05) is 37.5 Å². The standard InChI is InChI=1S/C15H17N3/c16-10-13-12-6-1-2-7-14(12)18-15(13)17-9-8-11-4-3-5-11/h1-2,6-7,11,17-18H,3-5,8-9H2. The lowest BCUT2D eigenvalue weighted by molar-refractivity contribution is 0.303. The lowest BCUT2D eigenvalue weighted by Gasteiger charge is -2.25. The van der Waals surface area contributed by atoms with Crippen molar-refractivity contribution in [3.8, 4) is 6.07 Å². The lowest BCUT2D eigenvalue weighted by atomic mass is 9.83. The van der Waals surface area contributed by atoms with E-state index in [1.165, 1.54) is 25.7 Å². The van der Waals surface area contributed by atoms with Crippen LogP contribution >= 0.6 is 0 Å². The predicted molar refractivity (Wildman–Crippen MR) is 73.5 cm³/mol. The molecule has 2 N–H and O–H groups in total. The van der Waals surface area contributed by atoms with Crippen LogP contribution in [0.4, 0.5) is 5.82 Å². The normalized spacial score (nSPS) is 15.3. The van der Waals surface area contributed by atoms with Crippen LogP contribution in [-0.2, 0) is 0 Å². The number of fused-ring (bicyclic) bond motifs is 1. The van der Waals surface area contributed by atoms with Crippen molar-refractivity contribution in [2.75, 3.05) is 11.9 Å². The summed E-state index contributed by atoms with van der Waals surface area (Å²) < 4.78 is 0. The summed E-state index contributed by atoms with van der Waals surface area (Å²) in [7, 11) is 0. The van der Waals surface area contributed by atoms with Gasteiger partial charge in [0.25, 0.3) is 0 Å². The minimum Gasteiger partial charge on any atom is -0.370 e. The molecule has 3 rings (SSSR count). The van der Waals surface area contributed by atoms with Crippen molar-refractivity contribution in [1.82, 2.24) is 4.98 Å². The lowest BCUT2D eigenvalue weighted by Crippen LogP contribution is -2.15. The van der Waals surface area contributed by atoms with Gasteiger partial charge in [-0.15, -0.1) is 0 Å². The summed E-state index contributed by atoms with van der Waals surface area (Å²) >= 11 is 0. The fourth-order valence-electron chi connectivity index (χ4n) is 2.57. The van der Waals surface area contributed by atoms with Crippen LogP contribution in [0.2, 0.25) is 0 Å². The molecule has 1 saturated carbocycles. The van der Waals surface area contributed by atoms with Gasteiger partial charge in [-0.3, -0.25) is 0 Å². The molecule has 3 nitrogen and oxygen atoms in total. The highest BCUT2D eigenvalue weighted by Gasteiger charge is 2.17. The number of hydrogen-bond acceptors (Lipinski definition) is 2. The van der Waals surface area contributed by atoms with E-state index >= 15 is 0 Å². The number of para-hydroxylation sites is 1. The van der Waals surface area contributed by atoms with E-state index in [2.05, 4.69) is 16.4 Å². The average Bonchev–Trinajstić information content (AvgIpc) is 2.69. The number of rotatable bonds is 4. The molecule has 18 heavy (non-hydrogen) atoms. The third-order valence-electron chi connectivity index (χ3n) is 3.90. The van der Waals surface area contributed by atoms with Gasteiger partial charge < -0.3 is 10.3 Å². The Labute approximate surface area is 107 Å². The van der Waals surface area contributed by atoms with E-state index in [0.717, 1.165) is 34.7 Å². The first-order valence-electron chi connectivity index (χ1n) is 6.63. The van der Waals surface area contributed by atoms with Crippen molar-refractivity contribution < 1.29 is 0 Å². The summed E-state index contributed by atoms with van der Waals surface area (Å²) in [5.41, 5.74) is 1.76. The molecule has 0 unspecified atom stereocenters. The third kappa shape index (κ3) is 1.95. The summed E-state index contributed by atoms with van der Waals surface area (Å²) in [6.07, 6.45) is 5.35. The number of benzene rings is 1. The highest BCUT2D eigenvalue weighted by molar-refractivity contribution is 5.91. The maximum absolute atomic E-state index is 9.26. The number of nitriles is 1. The summed E-state index contributed by atoms with van der Waals surface area (Å²) in [5, 5.41) is 13.6. The number of H-pyrrole nitrogens is 1. The van der Waals surface area contributed by atoms with Gasteiger partial charge in [-0.25, -0.2) is 0 Å². The van der Waals surface area contributed by atoms with Crippen LogP contribution < -0.4 is 5.32 Å². The fraction of sp³-hybridized carbons (Fsp3) is 0.400. The van der Waals surface area contributed by atoms with Crippen molar-refractivity contribution in [3.63, 3.8) is 0 Å². The number of nitrogens with one attached hydrogen (secondary N) is 2. The van der Waals surface area contributed by atoms with E-state index < -0.39 is 0 Å². The van der Waals surface area contributed by atoms with Crippen LogP contribution in [0, 0.1) is 17.2 Å². The Balaban J connectivity index is 1.76. The van der Waals surface area contributed by atoms with E-state index in [1.54, 1.807) is 0 Å². The molecule has 0 radical (unpaired) electrons. The van der Waals surface area contributed by atoms with Crippen LogP contribution in [0.5, 0.6) is 0 Å². The predicted octanol–water partition coefficient (Wildman–Crippen LogP) is 3.64. The Morgan fingerprint density at radius 1 is 1.33 bits per heavy atom. The molecule has 1 aliphatic carbocycles. The van der Waals surface area contributed by atoms with Gasteiger partial charge in [0.15, 0.2) is 0 Å². The van der Waals surface area contributed by atoms with Gasteiger partial charge in [0.2, 0.25) is 0 Å². The van der Waals surface area contributed by atoms with E-state index in [1.807, 2.05) is 24.3 Å². The molecule has 3 heteroatoms. The highest BCUT2D eigenvalue weighted by atomic mass is 15.0. The number of aromatic nitrogens is 1. The minimum atomic E-state index is 0.735. The average molecular weight is 239 g/mol. The van der Waals surface area contributed by atoms with Gasteiger partial charge >= 0.3 is 0 Å². The molecule has 0 bridgehead atoms. The van der Waals surface area contributed by atoms with Gasteiger partial charge in [0, 0.05) is 17.4 Å². The Bertz CT molecular complexity index is 587. The molecule has 1 fully saturated rings. The summed E-state index contributed by atoms with van der Waals surface area (Å²) in [6, 6.07) is 10.2. The first kappa shape index (κ1) is 11.2. The third-order valence-corrected chi connectivity index (χ3v) is 3.90. The van der Waals surface area contributed by atoms with Crippen LogP contribution in [0.1, 0.15) is 31.2 Å². The topological polar surface area (TPSA) is 51.6 Å². The maximum Gasteiger partial charge on any atom is 0.122 e. The van der Waals surface area contributed by atoms with Gasteiger partial charge in [-0.05, 0) is 18.4 Å². The minimum absolute atomic E-state index is 0.735. The van der Waals surface area contributed by atoms with Gasteiger partial charge in [-0.2, -0.15) is 5.26 Å². The zero-order chi connectivity index (χ0) is 12.4. The zero-order valence-corrected chi connectivity index (χ0v) is 10.4. The molecular formula is C15H17N3. The molecule has 1 aromatic carbocycles. The quantitative estimate of drug-likeness (QED) is 0.855. The number of nitrogens with zero attached hydrogens (tertiary/aromatic N) is 1. The molecule has 0 amide bonds. The van der Waals surface area contributed by atoms with Gasteiger partial charge in [0.1, 0.15) is 17.5 Å². The first-order valence-corrected chi connectivity index (χ1v) is 6.63. The first-order chi connectivity index (χ1) is 8.88. The molecule has 0 saturated heterocycles. The Kier molecular flexibility index (Phi) is 2.93. The van der Waals surface area contributed by atoms with Crippen LogP contribution in [-0.4, -0.2) is 11.5 Å². The van der Waals surface area contributed by atoms with E-state index in [-0.39, 0.29) is 0 Å². The Morgan fingerprint density at radius 2 is 2.17 bits per heavy atom. The van der Waals surface area contributed by atoms with Crippen molar-refractivity contribution >= 4 is 16.7 Å². The molecular weight excluding hydrogens is 222 g/mol. The molecule has 1 heterocycles. The molecule has 1 aromatic heterocycles. The van der Waals surface area contributed by atoms with Crippen molar-refractivity contribution in [2.45, 2.75) is 25.7 Å². The van der Waals surface area contributed by atoms with Crippen molar-refractivity contribution in [3.05, 3.63) is 29.8 Å². The smallest absolute Gasteiger partial charge is 0.122 e. The summed E-state index contributed by atoms with van der Waals surface area (Å²) in [5.74, 6) is 1.77. The van der Waals surface area contributed by atoms with E-state index in [4.69, 9.17) is 0 Å². The van der Waals surface area contributed by atoms with Gasteiger partial charge in [0.05, 0.1) is 0 Å². The molecule has 1 aliphatic rings. The van der Waals surface area contributed by atoms with Crippen molar-refractivity contribution in [2.24, 2.45) is 5.92 Å². The largest absolute Gasteiger partial charge is 0.370 e. The SMILES string of the molecule is N#Cc1c(NCCC2CCC2)[nH]c2ccccc12. The zero-order valence-electron chi connectivity index (χ0n) is 10.4. The van der Waals surface area contributed by atoms with Crippen LogP contribution in [0.25, 0.3) is 10.9 Å². The highest BCUT2D eigenvalue weighted by Crippen LogP contribution is 2.30. The molecule has 0 atom stereocenters. The van der Waals surface area contributed by atoms with E-state index in [0.29, 0.717) is 0 Å². The van der Waals surface area contributed by atoms with E-state index in [9.17, 15) is 5.26 Å². The van der Waals surface area contributed by atoms with Crippen LogP contribution in [0.15, 0.2) is 24.3 Å². The second kappa shape index (κ2) is 4.73. The second-order valence-electron chi connectivity index (χ2n) is 5.04. The Hall–Kier alpha value is -1.95. The number of anilines is 1. The molecule has 0 aliphatic heterocycles. The molecule has 2 aromatic rings. The summed E-state index contributed by atoms with van der Waals surface area (Å²) in [6.45, 7) is 0.951. The maximum atomic E-state index is 9.26. The number of aromatic amines is 1. The monoisotopic (exact) mass is 239 g/mol. The number of hydrogen-bond donors (Lipinski definition) is 2. The summed E-state index contributed by atoms with van der Waals surface area (Å²) in [4.78, 5) is 3.29. The molecule has 0 spiro atoms. The Morgan fingerprint density at radius 3 is 2.89 bits per heavy atom. The second-order valence-corrected chi connectivity index (χ2v) is 5.04. The van der Waals surface area contributed by atoms with Crippen molar-refractivity contribution in [1.29, 1.82) is 5.26 Å².